The van der Waals surface area contributed by atoms with E-state index in [-0.39, 0.29) is 36.0 Å². The molecular weight excluding hydrogens is 275 g/mol. The van der Waals surface area contributed by atoms with Gasteiger partial charge >= 0.3 is 29.6 Å². The van der Waals surface area contributed by atoms with Crippen LogP contribution in [0.5, 0.6) is 0 Å². The second-order valence-electron chi connectivity index (χ2n) is 4.91. The maximum Gasteiger partial charge on any atom is 1.00 e. The Morgan fingerprint density at radius 1 is 0.947 bits per heavy atom. The molecule has 0 saturated carbocycles. The smallest absolute Gasteiger partial charge is 0.748 e. The summed E-state index contributed by atoms with van der Waals surface area (Å²) in [6, 6.07) is 0. The van der Waals surface area contributed by atoms with E-state index in [1.807, 2.05) is 0 Å². The van der Waals surface area contributed by atoms with Gasteiger partial charge in [0.1, 0.15) is 0 Å². The molecule has 4 nitrogen and oxygen atoms in total. The minimum atomic E-state index is -4.32. The summed E-state index contributed by atoms with van der Waals surface area (Å²) in [5.41, 5.74) is 0. The molecular formula is C13H27NaO4S. The summed E-state index contributed by atoms with van der Waals surface area (Å²) >= 11 is 0. The molecule has 0 fully saturated rings. The first-order chi connectivity index (χ1) is 8.52. The Bertz CT molecular complexity index is 280. The van der Waals surface area contributed by atoms with Crippen LogP contribution < -0.4 is 29.6 Å². The van der Waals surface area contributed by atoms with Gasteiger partial charge in [-0.25, -0.2) is 8.42 Å². The third kappa shape index (κ3) is 13.6. The number of aliphatic hydroxyl groups is 1. The number of aliphatic hydroxyl groups excluding tert-OH is 1. The summed E-state index contributed by atoms with van der Waals surface area (Å²) in [4.78, 5) is 0. The zero-order valence-electron chi connectivity index (χ0n) is 12.4. The summed E-state index contributed by atoms with van der Waals surface area (Å²) in [5, 5.41) is 7.70. The van der Waals surface area contributed by atoms with E-state index in [4.69, 9.17) is 5.11 Å². The van der Waals surface area contributed by atoms with E-state index >= 15 is 0 Å². The van der Waals surface area contributed by atoms with Crippen molar-refractivity contribution in [2.45, 2.75) is 76.4 Å². The minimum Gasteiger partial charge on any atom is -0.748 e. The van der Waals surface area contributed by atoms with Crippen LogP contribution in [0.25, 0.3) is 0 Å². The molecule has 0 aliphatic carbocycles. The molecule has 0 aliphatic rings. The Morgan fingerprint density at radius 2 is 1.37 bits per heavy atom. The average molecular weight is 302 g/mol. The molecule has 0 aromatic heterocycles. The number of unbranched alkanes of at least 4 members (excludes halogenated alkanes) is 8. The van der Waals surface area contributed by atoms with Crippen molar-refractivity contribution in [2.24, 2.45) is 0 Å². The van der Waals surface area contributed by atoms with E-state index in [1.54, 1.807) is 0 Å². The molecule has 0 aromatic carbocycles. The molecule has 0 spiro atoms. The van der Waals surface area contributed by atoms with Crippen LogP contribution in [0.1, 0.15) is 71.1 Å². The fourth-order valence-corrected chi connectivity index (χ4v) is 2.65. The van der Waals surface area contributed by atoms with Crippen LogP contribution in [-0.2, 0) is 10.1 Å². The number of rotatable bonds is 12. The molecule has 0 amide bonds. The first-order valence-electron chi connectivity index (χ1n) is 7.08. The third-order valence-electron chi connectivity index (χ3n) is 3.24. The average Bonchev–Trinajstić information content (AvgIpc) is 2.30. The Labute approximate surface area is 140 Å². The van der Waals surface area contributed by atoms with E-state index in [1.165, 1.54) is 38.5 Å². The van der Waals surface area contributed by atoms with Gasteiger partial charge < -0.3 is 9.66 Å². The van der Waals surface area contributed by atoms with Crippen molar-refractivity contribution in [2.75, 3.05) is 6.61 Å². The standard InChI is InChI=1S/C13H28O4S.Na/c1-2-3-4-5-6-7-8-9-10-11-13(12-14)18(15,16)17;/h13-14H,2-12H2,1H3,(H,15,16,17);/q;+1/p-1. The molecule has 0 aliphatic heterocycles. The van der Waals surface area contributed by atoms with Crippen molar-refractivity contribution in [3.05, 3.63) is 0 Å². The largest absolute Gasteiger partial charge is 1.00 e. The van der Waals surface area contributed by atoms with Gasteiger partial charge in [-0.15, -0.1) is 0 Å². The van der Waals surface area contributed by atoms with E-state index in [0.717, 1.165) is 12.8 Å². The normalized spacial score (nSPS) is 13.0. The Kier molecular flexibility index (Phi) is 16.1. The number of hydrogen-bond donors (Lipinski definition) is 1. The first kappa shape index (κ1) is 22.2. The first-order valence-corrected chi connectivity index (χ1v) is 8.55. The van der Waals surface area contributed by atoms with Gasteiger partial charge in [-0.2, -0.15) is 0 Å². The van der Waals surface area contributed by atoms with E-state index in [0.29, 0.717) is 6.42 Å². The monoisotopic (exact) mass is 302 g/mol. The molecule has 0 saturated heterocycles. The minimum absolute atomic E-state index is 0. The topological polar surface area (TPSA) is 77.4 Å². The van der Waals surface area contributed by atoms with Gasteiger partial charge in [0.15, 0.2) is 0 Å². The van der Waals surface area contributed by atoms with E-state index < -0.39 is 22.0 Å². The molecule has 0 radical (unpaired) electrons. The van der Waals surface area contributed by atoms with Gasteiger partial charge in [0.05, 0.1) is 22.0 Å². The fraction of sp³-hybridized carbons (Fsp3) is 1.00. The van der Waals surface area contributed by atoms with Crippen LogP contribution >= 0.6 is 0 Å². The predicted molar refractivity (Wildman–Crippen MR) is 72.4 cm³/mol. The van der Waals surface area contributed by atoms with Gasteiger partial charge in [-0.05, 0) is 6.42 Å². The van der Waals surface area contributed by atoms with Gasteiger partial charge in [0, 0.05) is 0 Å². The summed E-state index contributed by atoms with van der Waals surface area (Å²) in [5.74, 6) is 0. The van der Waals surface area contributed by atoms with Crippen molar-refractivity contribution in [1.82, 2.24) is 0 Å². The second-order valence-corrected chi connectivity index (χ2v) is 6.57. The molecule has 110 valence electrons. The summed E-state index contributed by atoms with van der Waals surface area (Å²) in [6.45, 7) is 1.64. The predicted octanol–water partition coefficient (Wildman–Crippen LogP) is -0.183. The molecule has 0 bridgehead atoms. The van der Waals surface area contributed by atoms with Crippen LogP contribution in [-0.4, -0.2) is 29.9 Å². The van der Waals surface area contributed by atoms with E-state index in [2.05, 4.69) is 6.92 Å². The van der Waals surface area contributed by atoms with Gasteiger partial charge in [0.25, 0.3) is 0 Å². The summed E-state index contributed by atoms with van der Waals surface area (Å²) in [6.07, 6.45) is 10.6. The fourth-order valence-electron chi connectivity index (χ4n) is 2.01. The molecule has 0 rings (SSSR count). The van der Waals surface area contributed by atoms with Crippen molar-refractivity contribution >= 4 is 10.1 Å². The van der Waals surface area contributed by atoms with Gasteiger partial charge in [-0.1, -0.05) is 64.7 Å². The Morgan fingerprint density at radius 3 is 1.74 bits per heavy atom. The van der Waals surface area contributed by atoms with E-state index in [9.17, 15) is 13.0 Å². The Balaban J connectivity index is 0. The zero-order valence-corrected chi connectivity index (χ0v) is 15.3. The molecule has 6 heteroatoms. The van der Waals surface area contributed by atoms with Crippen molar-refractivity contribution in [3.63, 3.8) is 0 Å². The quantitative estimate of drug-likeness (QED) is 0.308. The van der Waals surface area contributed by atoms with Gasteiger partial charge in [0.2, 0.25) is 0 Å². The van der Waals surface area contributed by atoms with Crippen molar-refractivity contribution in [1.29, 1.82) is 0 Å². The second kappa shape index (κ2) is 13.8. The van der Waals surface area contributed by atoms with Crippen LogP contribution in [0.4, 0.5) is 0 Å². The van der Waals surface area contributed by atoms with Crippen molar-refractivity contribution < 1.29 is 47.6 Å². The van der Waals surface area contributed by atoms with Crippen LogP contribution in [0, 0.1) is 0 Å². The SMILES string of the molecule is CCCCCCCCCCCC(CO)S(=O)(=O)[O-].[Na+]. The van der Waals surface area contributed by atoms with Gasteiger partial charge in [-0.3, -0.25) is 0 Å². The maximum absolute atomic E-state index is 10.7. The maximum atomic E-state index is 10.7. The number of hydrogen-bond acceptors (Lipinski definition) is 4. The van der Waals surface area contributed by atoms with Crippen LogP contribution in [0.3, 0.4) is 0 Å². The summed E-state index contributed by atoms with van der Waals surface area (Å²) < 4.78 is 32.1. The summed E-state index contributed by atoms with van der Waals surface area (Å²) in [7, 11) is -4.32. The molecule has 1 N–H and O–H groups in total. The third-order valence-corrected chi connectivity index (χ3v) is 4.44. The molecule has 19 heavy (non-hydrogen) atoms. The molecule has 1 unspecified atom stereocenters. The molecule has 0 aromatic rings. The van der Waals surface area contributed by atoms with Crippen molar-refractivity contribution in [3.8, 4) is 0 Å². The Hall–Kier alpha value is 0.870. The molecule has 0 heterocycles. The van der Waals surface area contributed by atoms with Crippen LogP contribution in [0.15, 0.2) is 0 Å². The van der Waals surface area contributed by atoms with Crippen LogP contribution in [0.2, 0.25) is 0 Å². The zero-order chi connectivity index (χ0) is 13.9. The molecule has 1 atom stereocenters.